The van der Waals surface area contributed by atoms with Gasteiger partial charge in [-0.3, -0.25) is 0 Å². The van der Waals surface area contributed by atoms with E-state index in [4.69, 9.17) is 0 Å². The topological polar surface area (TPSA) is 0 Å². The van der Waals surface area contributed by atoms with Crippen molar-refractivity contribution in [2.45, 2.75) is 51.4 Å². The predicted molar refractivity (Wildman–Crippen MR) is 190 cm³/mol. The molecule has 2 aliphatic rings. The Morgan fingerprint density at radius 2 is 0.795 bits per heavy atom. The van der Waals surface area contributed by atoms with Crippen molar-refractivity contribution in [2.75, 3.05) is 0 Å². The quantitative estimate of drug-likeness (QED) is 0.180. The molecule has 0 aromatic heterocycles. The summed E-state index contributed by atoms with van der Waals surface area (Å²) in [6.07, 6.45) is 9.58. The molecule has 0 N–H and O–H groups in total. The van der Waals surface area contributed by atoms with Crippen LogP contribution in [0.3, 0.4) is 0 Å². The summed E-state index contributed by atoms with van der Waals surface area (Å²) in [6, 6.07) is 45.0. The Balaban J connectivity index is 1.14. The second-order valence-electron chi connectivity index (χ2n) is 12.5. The Bertz CT molecular complexity index is 1940. The van der Waals surface area contributed by atoms with Gasteiger partial charge < -0.3 is 0 Å². The van der Waals surface area contributed by atoms with Crippen molar-refractivity contribution in [1.82, 2.24) is 0 Å². The van der Waals surface area contributed by atoms with Gasteiger partial charge in [0.05, 0.1) is 0 Å². The second kappa shape index (κ2) is 11.1. The number of hydrogen-bond acceptors (Lipinski definition) is 0. The van der Waals surface area contributed by atoms with Gasteiger partial charge in [-0.2, -0.15) is 0 Å². The van der Waals surface area contributed by atoms with Crippen molar-refractivity contribution in [2.24, 2.45) is 0 Å². The van der Waals surface area contributed by atoms with Gasteiger partial charge in [0.25, 0.3) is 0 Å². The molecule has 0 bridgehead atoms. The molecule has 6 aromatic carbocycles. The van der Waals surface area contributed by atoms with Crippen LogP contribution in [-0.4, -0.2) is 0 Å². The fourth-order valence-electron chi connectivity index (χ4n) is 8.17. The van der Waals surface area contributed by atoms with Gasteiger partial charge in [-0.1, -0.05) is 158 Å². The maximum atomic E-state index is 2.52. The Hall–Kier alpha value is -4.68. The third kappa shape index (κ3) is 4.36. The molecule has 0 saturated heterocycles. The summed E-state index contributed by atoms with van der Waals surface area (Å²) in [5.41, 5.74) is 14.5. The zero-order valence-electron chi connectivity index (χ0n) is 25.7. The molecule has 2 atom stereocenters. The van der Waals surface area contributed by atoms with E-state index in [0.29, 0.717) is 11.8 Å². The van der Waals surface area contributed by atoms with Gasteiger partial charge in [0.1, 0.15) is 0 Å². The van der Waals surface area contributed by atoms with Gasteiger partial charge in [-0.15, -0.1) is 0 Å². The summed E-state index contributed by atoms with van der Waals surface area (Å²) in [5.74, 6) is 0.960. The fraction of sp³-hybridized carbons (Fsp3) is 0.182. The highest BCUT2D eigenvalue weighted by Gasteiger charge is 2.31. The SMILES string of the molecule is CCC1=Cc2c(-c3cccc4ccccc34)cccc2C1CCC1C(CC)=Cc2c(-c3cccc4ccccc34)cccc21. The Morgan fingerprint density at radius 3 is 1.25 bits per heavy atom. The van der Waals surface area contributed by atoms with Gasteiger partial charge in [0.15, 0.2) is 0 Å². The third-order valence-electron chi connectivity index (χ3n) is 10.3. The molecule has 0 nitrogen and oxygen atoms in total. The molecular formula is C44H38. The largest absolute Gasteiger partial charge is 0.0623 e. The van der Waals surface area contributed by atoms with Crippen molar-refractivity contribution in [3.05, 3.63) is 155 Å². The van der Waals surface area contributed by atoms with Crippen LogP contribution in [0.5, 0.6) is 0 Å². The first-order chi connectivity index (χ1) is 21.7. The lowest BCUT2D eigenvalue weighted by Crippen LogP contribution is -2.05. The molecule has 0 heterocycles. The van der Waals surface area contributed by atoms with Crippen LogP contribution in [0.25, 0.3) is 56.0 Å². The number of allylic oxidation sites excluding steroid dienone is 2. The van der Waals surface area contributed by atoms with E-state index in [9.17, 15) is 0 Å². The molecule has 0 spiro atoms. The first-order valence-corrected chi connectivity index (χ1v) is 16.4. The van der Waals surface area contributed by atoms with Crippen molar-refractivity contribution in [3.8, 4) is 22.3 Å². The minimum atomic E-state index is 0.480. The molecular weight excluding hydrogens is 528 g/mol. The molecule has 44 heavy (non-hydrogen) atoms. The summed E-state index contributed by atoms with van der Waals surface area (Å²) in [4.78, 5) is 0. The van der Waals surface area contributed by atoms with Crippen LogP contribution in [0.1, 0.15) is 73.6 Å². The highest BCUT2D eigenvalue weighted by atomic mass is 14.3. The summed E-state index contributed by atoms with van der Waals surface area (Å²) in [5, 5.41) is 5.28. The highest BCUT2D eigenvalue weighted by molar-refractivity contribution is 6.00. The summed E-state index contributed by atoms with van der Waals surface area (Å²) in [6.45, 7) is 4.67. The van der Waals surface area contributed by atoms with E-state index >= 15 is 0 Å². The van der Waals surface area contributed by atoms with E-state index in [1.165, 1.54) is 78.9 Å². The standard InChI is InChI=1S/C44H38/c1-3-29-27-43-39(21-11-23-41(43)37-19-9-15-31-13-5-7-17-33(31)37)35(29)25-26-36-30(4-2)28-44-40(36)22-12-24-42(44)38-20-10-16-32-14-6-8-18-34(32)38/h5-24,27-28,35-36H,3-4,25-26H2,1-2H3. The molecule has 0 aliphatic heterocycles. The van der Waals surface area contributed by atoms with Gasteiger partial charge >= 0.3 is 0 Å². The highest BCUT2D eigenvalue weighted by Crippen LogP contribution is 2.50. The first kappa shape index (κ1) is 26.9. The van der Waals surface area contributed by atoms with Crippen LogP contribution in [-0.2, 0) is 0 Å². The van der Waals surface area contributed by atoms with E-state index in [1.54, 1.807) is 11.1 Å². The zero-order chi connectivity index (χ0) is 29.6. The van der Waals surface area contributed by atoms with Gasteiger partial charge in [0, 0.05) is 11.8 Å². The van der Waals surface area contributed by atoms with Crippen molar-refractivity contribution >= 4 is 33.7 Å². The van der Waals surface area contributed by atoms with Crippen LogP contribution >= 0.6 is 0 Å². The Morgan fingerprint density at radius 1 is 0.409 bits per heavy atom. The van der Waals surface area contributed by atoms with Crippen LogP contribution in [0.15, 0.2) is 132 Å². The normalized spacial score (nSPS) is 17.0. The zero-order valence-corrected chi connectivity index (χ0v) is 25.7. The Kier molecular flexibility index (Phi) is 6.79. The maximum absolute atomic E-state index is 2.52. The molecule has 2 unspecified atom stereocenters. The Labute approximate surface area is 261 Å². The molecule has 0 fully saturated rings. The molecule has 0 saturated carbocycles. The van der Waals surface area contributed by atoms with Crippen LogP contribution in [0, 0.1) is 0 Å². The van der Waals surface area contributed by atoms with E-state index in [0.717, 1.165) is 12.8 Å². The average molecular weight is 567 g/mol. The lowest BCUT2D eigenvalue weighted by Gasteiger charge is -2.22. The molecule has 0 heteroatoms. The minimum Gasteiger partial charge on any atom is -0.0623 e. The van der Waals surface area contributed by atoms with E-state index in [2.05, 4.69) is 147 Å². The lowest BCUT2D eigenvalue weighted by molar-refractivity contribution is 0.596. The summed E-state index contributed by atoms with van der Waals surface area (Å²) in [7, 11) is 0. The van der Waals surface area contributed by atoms with Gasteiger partial charge in [-0.05, 0) is 91.7 Å². The monoisotopic (exact) mass is 566 g/mol. The van der Waals surface area contributed by atoms with E-state index in [-0.39, 0.29) is 0 Å². The minimum absolute atomic E-state index is 0.480. The molecule has 8 rings (SSSR count). The summed E-state index contributed by atoms with van der Waals surface area (Å²) < 4.78 is 0. The summed E-state index contributed by atoms with van der Waals surface area (Å²) >= 11 is 0. The molecule has 0 amide bonds. The van der Waals surface area contributed by atoms with Gasteiger partial charge in [-0.25, -0.2) is 0 Å². The predicted octanol–water partition coefficient (Wildman–Crippen LogP) is 12.6. The number of hydrogen-bond donors (Lipinski definition) is 0. The van der Waals surface area contributed by atoms with E-state index in [1.807, 2.05) is 0 Å². The first-order valence-electron chi connectivity index (χ1n) is 16.4. The van der Waals surface area contributed by atoms with Gasteiger partial charge in [0.2, 0.25) is 0 Å². The van der Waals surface area contributed by atoms with Crippen molar-refractivity contribution < 1.29 is 0 Å². The number of fused-ring (bicyclic) bond motifs is 4. The second-order valence-corrected chi connectivity index (χ2v) is 12.5. The van der Waals surface area contributed by atoms with Crippen molar-refractivity contribution in [3.63, 3.8) is 0 Å². The molecule has 0 radical (unpaired) electrons. The number of rotatable bonds is 7. The van der Waals surface area contributed by atoms with Crippen LogP contribution < -0.4 is 0 Å². The van der Waals surface area contributed by atoms with E-state index < -0.39 is 0 Å². The average Bonchev–Trinajstić information content (AvgIpc) is 3.64. The molecule has 214 valence electrons. The molecule has 2 aliphatic carbocycles. The maximum Gasteiger partial charge on any atom is 0.00578 e. The lowest BCUT2D eigenvalue weighted by atomic mass is 9.82. The smallest absolute Gasteiger partial charge is 0.00578 e. The van der Waals surface area contributed by atoms with Crippen molar-refractivity contribution in [1.29, 1.82) is 0 Å². The molecule has 6 aromatic rings. The van der Waals surface area contributed by atoms with Crippen LogP contribution in [0.2, 0.25) is 0 Å². The number of benzene rings is 6. The third-order valence-corrected chi connectivity index (χ3v) is 10.3. The fourth-order valence-corrected chi connectivity index (χ4v) is 8.17. The van der Waals surface area contributed by atoms with Crippen LogP contribution in [0.4, 0.5) is 0 Å².